The molecule has 3 amide bonds. The highest BCUT2D eigenvalue weighted by Crippen LogP contribution is 2.32. The number of rotatable bonds is 6. The minimum atomic E-state index is -0.634. The van der Waals surface area contributed by atoms with E-state index in [2.05, 4.69) is 16.1 Å². The van der Waals surface area contributed by atoms with Gasteiger partial charge in [-0.05, 0) is 55.0 Å². The highest BCUT2D eigenvalue weighted by Gasteiger charge is 2.41. The first kappa shape index (κ1) is 24.6. The number of halogens is 1. The summed E-state index contributed by atoms with van der Waals surface area (Å²) in [5, 5.41) is 6.34. The maximum atomic E-state index is 12.7. The van der Waals surface area contributed by atoms with E-state index in [1.807, 2.05) is 12.1 Å². The molecule has 3 N–H and O–H groups in total. The van der Waals surface area contributed by atoms with Gasteiger partial charge in [0.15, 0.2) is 0 Å². The molecule has 10 heteroatoms. The number of likely N-dealkylation sites (tertiary alicyclic amines) is 1. The number of nitrogens with one attached hydrogen (secondary N) is 3. The van der Waals surface area contributed by atoms with Crippen LogP contribution in [0, 0.1) is 0 Å². The van der Waals surface area contributed by atoms with Gasteiger partial charge in [-0.1, -0.05) is 23.7 Å². The SMILES string of the molecule is CCOC(=O)c1ccc(NC(=O)N2CCC3(C=C(C(=O)NCc4ccc(Cl)cc4)NO3)CC2)cc1. The highest BCUT2D eigenvalue weighted by molar-refractivity contribution is 6.30. The van der Waals surface area contributed by atoms with E-state index in [0.29, 0.717) is 61.1 Å². The lowest BCUT2D eigenvalue weighted by Gasteiger charge is -2.36. The fourth-order valence-corrected chi connectivity index (χ4v) is 4.04. The molecule has 2 heterocycles. The summed E-state index contributed by atoms with van der Waals surface area (Å²) in [7, 11) is 0. The zero-order valence-corrected chi connectivity index (χ0v) is 20.1. The molecule has 4 rings (SSSR count). The summed E-state index contributed by atoms with van der Waals surface area (Å²) in [4.78, 5) is 44.4. The third-order valence-electron chi connectivity index (χ3n) is 5.93. The Morgan fingerprint density at radius 3 is 2.43 bits per heavy atom. The minimum absolute atomic E-state index is 0.236. The Morgan fingerprint density at radius 1 is 1.09 bits per heavy atom. The van der Waals surface area contributed by atoms with Gasteiger partial charge in [0.25, 0.3) is 5.91 Å². The molecule has 2 aromatic carbocycles. The Balaban J connectivity index is 1.26. The molecule has 2 aliphatic heterocycles. The maximum Gasteiger partial charge on any atom is 0.338 e. The van der Waals surface area contributed by atoms with E-state index in [9.17, 15) is 14.4 Å². The summed E-state index contributed by atoms with van der Waals surface area (Å²) >= 11 is 5.89. The van der Waals surface area contributed by atoms with Crippen molar-refractivity contribution < 1.29 is 24.0 Å². The molecular weight excluding hydrogens is 472 g/mol. The van der Waals surface area contributed by atoms with Gasteiger partial charge >= 0.3 is 12.0 Å². The Labute approximate surface area is 208 Å². The van der Waals surface area contributed by atoms with Crippen LogP contribution in [0.1, 0.15) is 35.7 Å². The van der Waals surface area contributed by atoms with Crippen LogP contribution in [0.5, 0.6) is 0 Å². The molecule has 1 fully saturated rings. The molecule has 1 saturated heterocycles. The highest BCUT2D eigenvalue weighted by atomic mass is 35.5. The standard InChI is InChI=1S/C25H27ClN4O5/c1-2-34-23(32)18-5-9-20(10-6-18)28-24(33)30-13-11-25(12-14-30)15-21(29-35-25)22(31)27-16-17-3-7-19(26)8-4-17/h3-10,15,29H,2,11-14,16H2,1H3,(H,27,31)(H,28,33). The van der Waals surface area contributed by atoms with Gasteiger partial charge in [0.05, 0.1) is 12.2 Å². The number of benzene rings is 2. The van der Waals surface area contributed by atoms with Crippen molar-refractivity contribution in [1.82, 2.24) is 15.7 Å². The molecule has 0 unspecified atom stereocenters. The van der Waals surface area contributed by atoms with E-state index in [0.717, 1.165) is 5.56 Å². The number of piperidine rings is 1. The zero-order chi connectivity index (χ0) is 24.8. The Morgan fingerprint density at radius 2 is 1.77 bits per heavy atom. The van der Waals surface area contributed by atoms with E-state index in [1.165, 1.54) is 0 Å². The lowest BCUT2D eigenvalue weighted by molar-refractivity contribution is -0.120. The lowest BCUT2D eigenvalue weighted by atomic mass is 9.91. The minimum Gasteiger partial charge on any atom is -0.462 e. The molecule has 0 radical (unpaired) electrons. The van der Waals surface area contributed by atoms with Crippen molar-refractivity contribution >= 4 is 35.2 Å². The van der Waals surface area contributed by atoms with Gasteiger partial charge in [0.2, 0.25) is 0 Å². The van der Waals surface area contributed by atoms with Gasteiger partial charge in [0, 0.05) is 43.2 Å². The van der Waals surface area contributed by atoms with Crippen LogP contribution in [-0.4, -0.2) is 48.1 Å². The summed E-state index contributed by atoms with van der Waals surface area (Å²) in [6.45, 7) is 3.35. The van der Waals surface area contributed by atoms with Gasteiger partial charge in [-0.3, -0.25) is 15.1 Å². The Kier molecular flexibility index (Phi) is 7.57. The topological polar surface area (TPSA) is 109 Å². The number of amides is 3. The van der Waals surface area contributed by atoms with Crippen molar-refractivity contribution in [3.05, 3.63) is 76.5 Å². The quantitative estimate of drug-likeness (QED) is 0.525. The average molecular weight is 499 g/mol. The van der Waals surface area contributed by atoms with Crippen LogP contribution >= 0.6 is 11.6 Å². The van der Waals surface area contributed by atoms with Crippen LogP contribution in [0.4, 0.5) is 10.5 Å². The molecule has 1 spiro atoms. The Bertz CT molecular complexity index is 1110. The second-order valence-electron chi connectivity index (χ2n) is 8.35. The molecule has 2 aromatic rings. The van der Waals surface area contributed by atoms with Gasteiger partial charge in [-0.25, -0.2) is 9.59 Å². The molecule has 0 atom stereocenters. The number of carbonyl (C=O) groups is 3. The molecule has 0 aliphatic carbocycles. The van der Waals surface area contributed by atoms with Crippen molar-refractivity contribution in [2.75, 3.05) is 25.0 Å². The molecule has 184 valence electrons. The summed E-state index contributed by atoms with van der Waals surface area (Å²) in [5.74, 6) is -0.661. The van der Waals surface area contributed by atoms with Crippen molar-refractivity contribution in [3.63, 3.8) is 0 Å². The summed E-state index contributed by atoms with van der Waals surface area (Å²) < 4.78 is 4.96. The fourth-order valence-electron chi connectivity index (χ4n) is 3.91. The largest absolute Gasteiger partial charge is 0.462 e. The van der Waals surface area contributed by atoms with Crippen molar-refractivity contribution in [1.29, 1.82) is 0 Å². The monoisotopic (exact) mass is 498 g/mol. The number of urea groups is 1. The number of hydrogen-bond acceptors (Lipinski definition) is 6. The number of esters is 1. The first-order chi connectivity index (χ1) is 16.9. The van der Waals surface area contributed by atoms with Gasteiger partial charge in [0.1, 0.15) is 11.3 Å². The van der Waals surface area contributed by atoms with Crippen molar-refractivity contribution in [3.8, 4) is 0 Å². The number of hydrogen-bond donors (Lipinski definition) is 3. The molecule has 2 aliphatic rings. The van der Waals surface area contributed by atoms with E-state index >= 15 is 0 Å². The summed E-state index contributed by atoms with van der Waals surface area (Å²) in [5.41, 5.74) is 4.41. The van der Waals surface area contributed by atoms with Crippen LogP contribution in [0.2, 0.25) is 5.02 Å². The zero-order valence-electron chi connectivity index (χ0n) is 19.3. The molecule has 9 nitrogen and oxygen atoms in total. The summed E-state index contributed by atoms with van der Waals surface area (Å²) in [6.07, 6.45) is 2.89. The van der Waals surface area contributed by atoms with Crippen LogP contribution in [0.3, 0.4) is 0 Å². The average Bonchev–Trinajstić information content (AvgIpc) is 3.28. The molecular formula is C25H27ClN4O5. The third-order valence-corrected chi connectivity index (χ3v) is 6.18. The van der Waals surface area contributed by atoms with Gasteiger partial charge < -0.3 is 20.3 Å². The van der Waals surface area contributed by atoms with Crippen LogP contribution < -0.4 is 16.1 Å². The van der Waals surface area contributed by atoms with E-state index in [4.69, 9.17) is 21.2 Å². The second-order valence-corrected chi connectivity index (χ2v) is 8.79. The summed E-state index contributed by atoms with van der Waals surface area (Å²) in [6, 6.07) is 13.6. The van der Waals surface area contributed by atoms with E-state index in [1.54, 1.807) is 54.3 Å². The second kappa shape index (κ2) is 10.8. The molecule has 0 bridgehead atoms. The van der Waals surface area contributed by atoms with Crippen molar-refractivity contribution in [2.45, 2.75) is 31.9 Å². The number of hydroxylamine groups is 1. The lowest BCUT2D eigenvalue weighted by Crippen LogP contribution is -2.48. The smallest absolute Gasteiger partial charge is 0.338 e. The predicted molar refractivity (Wildman–Crippen MR) is 131 cm³/mol. The van der Waals surface area contributed by atoms with Gasteiger partial charge in [-0.2, -0.15) is 0 Å². The van der Waals surface area contributed by atoms with E-state index < -0.39 is 11.6 Å². The van der Waals surface area contributed by atoms with E-state index in [-0.39, 0.29) is 11.9 Å². The molecule has 0 aromatic heterocycles. The number of carbonyl (C=O) groups excluding carboxylic acids is 3. The Hall–Kier alpha value is -3.56. The molecule has 0 saturated carbocycles. The van der Waals surface area contributed by atoms with Crippen LogP contribution in [0.25, 0.3) is 0 Å². The maximum absolute atomic E-state index is 12.7. The first-order valence-electron chi connectivity index (χ1n) is 11.4. The van der Waals surface area contributed by atoms with Crippen LogP contribution in [-0.2, 0) is 20.9 Å². The predicted octanol–water partition coefficient (Wildman–Crippen LogP) is 3.62. The molecule has 35 heavy (non-hydrogen) atoms. The first-order valence-corrected chi connectivity index (χ1v) is 11.8. The van der Waals surface area contributed by atoms with Crippen molar-refractivity contribution in [2.24, 2.45) is 0 Å². The number of ether oxygens (including phenoxy) is 1. The van der Waals surface area contributed by atoms with Crippen LogP contribution in [0.15, 0.2) is 60.3 Å². The fraction of sp³-hybridized carbons (Fsp3) is 0.320. The number of nitrogens with zero attached hydrogens (tertiary/aromatic N) is 1. The number of anilines is 1. The normalized spacial score (nSPS) is 16.3. The van der Waals surface area contributed by atoms with Gasteiger partial charge in [-0.15, -0.1) is 0 Å². The third kappa shape index (κ3) is 6.12.